The third-order valence-corrected chi connectivity index (χ3v) is 5.37. The zero-order valence-electron chi connectivity index (χ0n) is 17.2. The van der Waals surface area contributed by atoms with Gasteiger partial charge in [0, 0.05) is 18.4 Å². The van der Waals surface area contributed by atoms with Crippen LogP contribution in [-0.4, -0.2) is 53.5 Å². The van der Waals surface area contributed by atoms with E-state index >= 15 is 0 Å². The molecule has 0 saturated heterocycles. The molecule has 0 aromatic heterocycles. The van der Waals surface area contributed by atoms with Crippen molar-refractivity contribution in [2.24, 2.45) is 0 Å². The van der Waals surface area contributed by atoms with Crippen LogP contribution in [0.5, 0.6) is 0 Å². The minimum Gasteiger partial charge on any atom is -0.479 e. The molecule has 8 nitrogen and oxygen atoms in total. The lowest BCUT2D eigenvalue weighted by Gasteiger charge is -2.19. The summed E-state index contributed by atoms with van der Waals surface area (Å²) in [5.74, 6) is -1.94. The van der Waals surface area contributed by atoms with Gasteiger partial charge in [-0.05, 0) is 28.7 Å². The Morgan fingerprint density at radius 1 is 1.03 bits per heavy atom. The largest absolute Gasteiger partial charge is 0.479 e. The first-order valence-corrected chi connectivity index (χ1v) is 10.2. The van der Waals surface area contributed by atoms with Crippen LogP contribution in [0.2, 0.25) is 0 Å². The topological polar surface area (TPSA) is 125 Å². The third kappa shape index (κ3) is 5.40. The molecular weight excluding hydrogens is 400 g/mol. The van der Waals surface area contributed by atoms with Crippen molar-refractivity contribution in [3.05, 3.63) is 59.7 Å². The van der Waals surface area contributed by atoms with Crippen LogP contribution in [0, 0.1) is 0 Å². The molecule has 2 aromatic rings. The third-order valence-electron chi connectivity index (χ3n) is 5.37. The Balaban J connectivity index is 1.53. The molecule has 2 aromatic carbocycles. The highest BCUT2D eigenvalue weighted by Gasteiger charge is 2.29. The summed E-state index contributed by atoms with van der Waals surface area (Å²) in [6, 6.07) is 15.6. The number of carboxylic acids is 1. The quantitative estimate of drug-likeness (QED) is 0.487. The van der Waals surface area contributed by atoms with Crippen molar-refractivity contribution in [3.63, 3.8) is 0 Å². The van der Waals surface area contributed by atoms with Crippen LogP contribution >= 0.6 is 0 Å². The van der Waals surface area contributed by atoms with Crippen molar-refractivity contribution >= 4 is 18.0 Å². The fourth-order valence-electron chi connectivity index (χ4n) is 3.70. The van der Waals surface area contributed by atoms with E-state index in [9.17, 15) is 19.5 Å². The van der Waals surface area contributed by atoms with E-state index in [1.807, 2.05) is 43.3 Å². The molecule has 4 N–H and O–H groups in total. The van der Waals surface area contributed by atoms with Crippen LogP contribution in [0.25, 0.3) is 11.1 Å². The lowest BCUT2D eigenvalue weighted by Crippen LogP contribution is -2.42. The molecule has 1 aliphatic carbocycles. The van der Waals surface area contributed by atoms with Gasteiger partial charge in [0.15, 0.2) is 6.10 Å². The zero-order chi connectivity index (χ0) is 22.4. The van der Waals surface area contributed by atoms with Gasteiger partial charge in [0.25, 0.3) is 0 Å². The van der Waals surface area contributed by atoms with Crippen molar-refractivity contribution in [2.75, 3.05) is 13.2 Å². The van der Waals surface area contributed by atoms with E-state index in [-0.39, 0.29) is 18.9 Å². The van der Waals surface area contributed by atoms with E-state index in [2.05, 4.69) is 22.8 Å². The number of ether oxygens (including phenoxy) is 1. The summed E-state index contributed by atoms with van der Waals surface area (Å²) in [5.41, 5.74) is 4.50. The molecule has 0 fully saturated rings. The summed E-state index contributed by atoms with van der Waals surface area (Å²) >= 11 is 0. The second kappa shape index (κ2) is 10.1. The fourth-order valence-corrected chi connectivity index (χ4v) is 3.70. The van der Waals surface area contributed by atoms with E-state index in [4.69, 9.17) is 9.84 Å². The first-order valence-electron chi connectivity index (χ1n) is 10.2. The van der Waals surface area contributed by atoms with Gasteiger partial charge in [-0.15, -0.1) is 0 Å². The number of carbonyl (C=O) groups excluding carboxylic acids is 2. The average Bonchev–Trinajstić information content (AvgIpc) is 3.09. The summed E-state index contributed by atoms with van der Waals surface area (Å²) in [6.45, 7) is 1.59. The number of aliphatic hydroxyl groups excluding tert-OH is 1. The van der Waals surface area contributed by atoms with Crippen molar-refractivity contribution in [3.8, 4) is 11.1 Å². The lowest BCUT2D eigenvalue weighted by atomic mass is 9.98. The van der Waals surface area contributed by atoms with Gasteiger partial charge < -0.3 is 25.6 Å². The van der Waals surface area contributed by atoms with E-state index in [1.165, 1.54) is 0 Å². The molecule has 8 heteroatoms. The van der Waals surface area contributed by atoms with Gasteiger partial charge in [-0.25, -0.2) is 9.59 Å². The minimum atomic E-state index is -1.67. The minimum absolute atomic E-state index is 0.0486. The summed E-state index contributed by atoms with van der Waals surface area (Å²) in [4.78, 5) is 34.9. The molecule has 31 heavy (non-hydrogen) atoms. The standard InChI is InChI=1S/C23H26N2O6/c1-2-14(11-21(27)24-12-20(26)22(28)29)25-23(30)31-13-19-17-9-5-3-7-15(17)16-8-4-6-10-18(16)19/h3-10,14,19-20,26H,2,11-13H2,1H3,(H,24,27)(H,25,30)(H,28,29). The molecule has 2 atom stereocenters. The summed E-state index contributed by atoms with van der Waals surface area (Å²) in [6.07, 6.45) is -1.85. The van der Waals surface area contributed by atoms with E-state index in [0.717, 1.165) is 22.3 Å². The first-order chi connectivity index (χ1) is 14.9. The number of benzene rings is 2. The Kier molecular flexibility index (Phi) is 7.25. The molecule has 2 amide bonds. The van der Waals surface area contributed by atoms with E-state index in [0.29, 0.717) is 6.42 Å². The van der Waals surface area contributed by atoms with Gasteiger partial charge in [0.05, 0.1) is 6.54 Å². The van der Waals surface area contributed by atoms with Crippen LogP contribution in [0.3, 0.4) is 0 Å². The van der Waals surface area contributed by atoms with Crippen LogP contribution in [0.4, 0.5) is 4.79 Å². The molecule has 1 aliphatic rings. The Bertz CT molecular complexity index is 915. The number of fused-ring (bicyclic) bond motifs is 3. The Hall–Kier alpha value is -3.39. The summed E-state index contributed by atoms with van der Waals surface area (Å²) in [7, 11) is 0. The Labute approximate surface area is 180 Å². The van der Waals surface area contributed by atoms with Crippen LogP contribution in [0.15, 0.2) is 48.5 Å². The second-order valence-electron chi connectivity index (χ2n) is 7.44. The highest BCUT2D eigenvalue weighted by Crippen LogP contribution is 2.44. The highest BCUT2D eigenvalue weighted by molar-refractivity contribution is 5.80. The van der Waals surface area contributed by atoms with Gasteiger partial charge in [-0.2, -0.15) is 0 Å². The van der Waals surface area contributed by atoms with Gasteiger partial charge in [0.2, 0.25) is 5.91 Å². The molecule has 0 bridgehead atoms. The monoisotopic (exact) mass is 426 g/mol. The predicted molar refractivity (Wildman–Crippen MR) is 114 cm³/mol. The Morgan fingerprint density at radius 3 is 2.16 bits per heavy atom. The number of carbonyl (C=O) groups is 3. The summed E-state index contributed by atoms with van der Waals surface area (Å²) in [5, 5.41) is 22.9. The van der Waals surface area contributed by atoms with Crippen molar-refractivity contribution < 1.29 is 29.3 Å². The number of hydrogen-bond acceptors (Lipinski definition) is 5. The van der Waals surface area contributed by atoms with Crippen LogP contribution in [-0.2, 0) is 14.3 Å². The Morgan fingerprint density at radius 2 is 1.61 bits per heavy atom. The normalized spacial score (nSPS) is 14.1. The molecule has 164 valence electrons. The van der Waals surface area contributed by atoms with Crippen molar-refractivity contribution in [1.29, 1.82) is 0 Å². The van der Waals surface area contributed by atoms with Crippen molar-refractivity contribution in [2.45, 2.75) is 37.8 Å². The maximum Gasteiger partial charge on any atom is 0.407 e. The zero-order valence-corrected chi connectivity index (χ0v) is 17.2. The number of aliphatic hydroxyl groups is 1. The molecule has 0 aliphatic heterocycles. The van der Waals surface area contributed by atoms with Crippen molar-refractivity contribution in [1.82, 2.24) is 10.6 Å². The number of amides is 2. The first kappa shape index (κ1) is 22.3. The second-order valence-corrected chi connectivity index (χ2v) is 7.44. The fraction of sp³-hybridized carbons (Fsp3) is 0.348. The van der Waals surface area contributed by atoms with Gasteiger partial charge in [0.1, 0.15) is 6.61 Å². The summed E-state index contributed by atoms with van der Waals surface area (Å²) < 4.78 is 5.48. The molecule has 3 rings (SSSR count). The maximum absolute atomic E-state index is 12.3. The molecule has 0 radical (unpaired) electrons. The number of carboxylic acid groups (broad SMARTS) is 1. The van der Waals surface area contributed by atoms with E-state index < -0.39 is 36.7 Å². The molecule has 0 heterocycles. The van der Waals surface area contributed by atoms with Gasteiger partial charge in [-0.1, -0.05) is 55.5 Å². The number of aliphatic carboxylic acids is 1. The number of nitrogens with one attached hydrogen (secondary N) is 2. The molecule has 2 unspecified atom stereocenters. The molecule has 0 spiro atoms. The predicted octanol–water partition coefficient (Wildman–Crippen LogP) is 2.26. The SMILES string of the molecule is CCC(CC(=O)NCC(O)C(=O)O)NC(=O)OCC1c2ccccc2-c2ccccc21. The average molecular weight is 426 g/mol. The van der Waals surface area contributed by atoms with E-state index in [1.54, 1.807) is 0 Å². The smallest absolute Gasteiger partial charge is 0.407 e. The number of hydrogen-bond donors (Lipinski definition) is 4. The van der Waals surface area contributed by atoms with Gasteiger partial charge >= 0.3 is 12.1 Å². The molecule has 0 saturated carbocycles. The molecular formula is C23H26N2O6. The van der Waals surface area contributed by atoms with Crippen LogP contribution in [0.1, 0.15) is 36.8 Å². The number of alkyl carbamates (subject to hydrolysis) is 1. The number of rotatable bonds is 9. The highest BCUT2D eigenvalue weighted by atomic mass is 16.5. The maximum atomic E-state index is 12.3. The van der Waals surface area contributed by atoms with Crippen LogP contribution < -0.4 is 10.6 Å². The lowest BCUT2D eigenvalue weighted by molar-refractivity contribution is -0.146. The van der Waals surface area contributed by atoms with Gasteiger partial charge in [-0.3, -0.25) is 4.79 Å².